The molecule has 0 spiro atoms. The van der Waals surface area contributed by atoms with Crippen molar-refractivity contribution in [1.29, 1.82) is 0 Å². The first-order chi connectivity index (χ1) is 18.3. The van der Waals surface area contributed by atoms with Crippen LogP contribution < -0.4 is 4.74 Å². The predicted molar refractivity (Wildman–Crippen MR) is 162 cm³/mol. The van der Waals surface area contributed by atoms with Gasteiger partial charge in [-0.2, -0.15) is 0 Å². The van der Waals surface area contributed by atoms with Gasteiger partial charge in [-0.05, 0) is 60.9 Å². The van der Waals surface area contributed by atoms with E-state index in [2.05, 4.69) is 4.98 Å². The van der Waals surface area contributed by atoms with Crippen molar-refractivity contribution in [2.75, 3.05) is 0 Å². The smallest absolute Gasteiger partial charge is 0.335 e. The Labute approximate surface area is 237 Å². The monoisotopic (exact) mass is 556 g/mol. The van der Waals surface area contributed by atoms with Crippen LogP contribution in [0.15, 0.2) is 71.9 Å². The molecule has 0 radical (unpaired) electrons. The molecule has 0 aliphatic carbocycles. The number of benzene rings is 2. The second kappa shape index (κ2) is 18.1. The summed E-state index contributed by atoms with van der Waals surface area (Å²) in [6.07, 6.45) is 12.3. The van der Waals surface area contributed by atoms with Crippen molar-refractivity contribution in [1.82, 2.24) is 9.55 Å². The van der Waals surface area contributed by atoms with Crippen LogP contribution in [-0.2, 0) is 13.7 Å². The lowest BCUT2D eigenvalue weighted by molar-refractivity contribution is 0.0696. The normalized spacial score (nSPS) is 11.9. The second-order valence-corrected chi connectivity index (χ2v) is 8.90. The van der Waals surface area contributed by atoms with E-state index < -0.39 is 5.97 Å². The SMILES string of the molecule is C/C(Cl)=C\C(Cl)C/C=C/c1cn(C)c(/C=C/c2ccc(OCc3cccc(C(=O)O)c3)cc2)n1.CC.CC. The number of aromatic nitrogens is 2. The molecule has 38 heavy (non-hydrogen) atoms. The molecule has 5 nitrogen and oxygen atoms in total. The second-order valence-electron chi connectivity index (χ2n) is 7.74. The van der Waals surface area contributed by atoms with Gasteiger partial charge in [-0.1, -0.05) is 81.8 Å². The summed E-state index contributed by atoms with van der Waals surface area (Å²) >= 11 is 12.0. The van der Waals surface area contributed by atoms with Gasteiger partial charge >= 0.3 is 5.97 Å². The maximum absolute atomic E-state index is 11.1. The van der Waals surface area contributed by atoms with Gasteiger partial charge in [0, 0.05) is 18.3 Å². The molecule has 204 valence electrons. The Morgan fingerprint density at radius 1 is 1.08 bits per heavy atom. The van der Waals surface area contributed by atoms with Gasteiger partial charge in [0.25, 0.3) is 0 Å². The number of carboxylic acids is 1. The van der Waals surface area contributed by atoms with Crippen LogP contribution in [0, 0.1) is 0 Å². The van der Waals surface area contributed by atoms with Gasteiger partial charge in [-0.3, -0.25) is 0 Å². The van der Waals surface area contributed by atoms with E-state index >= 15 is 0 Å². The fourth-order valence-corrected chi connectivity index (χ4v) is 3.69. The lowest BCUT2D eigenvalue weighted by atomic mass is 10.1. The van der Waals surface area contributed by atoms with E-state index in [1.54, 1.807) is 18.2 Å². The summed E-state index contributed by atoms with van der Waals surface area (Å²) in [7, 11) is 1.95. The Morgan fingerprint density at radius 2 is 1.76 bits per heavy atom. The summed E-state index contributed by atoms with van der Waals surface area (Å²) in [6, 6.07) is 14.4. The van der Waals surface area contributed by atoms with Crippen LogP contribution in [0.25, 0.3) is 18.2 Å². The van der Waals surface area contributed by atoms with Gasteiger partial charge in [0.1, 0.15) is 18.2 Å². The van der Waals surface area contributed by atoms with Crippen molar-refractivity contribution >= 4 is 47.4 Å². The third-order valence-electron chi connectivity index (χ3n) is 4.88. The van der Waals surface area contributed by atoms with Crippen LogP contribution in [0.5, 0.6) is 5.75 Å². The number of hydrogen-bond donors (Lipinski definition) is 1. The first kappa shape index (κ1) is 32.7. The van der Waals surface area contributed by atoms with Gasteiger partial charge in [0.2, 0.25) is 0 Å². The summed E-state index contributed by atoms with van der Waals surface area (Å²) in [5.41, 5.74) is 2.91. The minimum Gasteiger partial charge on any atom is -0.489 e. The van der Waals surface area contributed by atoms with Crippen LogP contribution in [0.3, 0.4) is 0 Å². The van der Waals surface area contributed by atoms with E-state index in [-0.39, 0.29) is 10.9 Å². The van der Waals surface area contributed by atoms with Crippen LogP contribution in [0.2, 0.25) is 0 Å². The van der Waals surface area contributed by atoms with Gasteiger partial charge < -0.3 is 14.4 Å². The summed E-state index contributed by atoms with van der Waals surface area (Å²) in [4.78, 5) is 15.7. The average Bonchev–Trinajstić information content (AvgIpc) is 3.27. The molecule has 0 saturated heterocycles. The molecule has 0 aliphatic rings. The van der Waals surface area contributed by atoms with Crippen molar-refractivity contribution in [2.24, 2.45) is 7.05 Å². The molecule has 0 bridgehead atoms. The standard InChI is InChI=1S/C27H26Cl2N2O3.2C2H6/c1-19(28)15-23(29)7-4-8-24-17-31(2)26(30-24)14-11-20-9-12-25(13-10-20)34-18-21-5-3-6-22(16-21)27(32)33;2*1-2/h3-6,8-17,23H,7,18H2,1-2H3,(H,32,33);2*1-2H3/b8-4+,14-11+,19-15+;;. The average molecular weight is 558 g/mol. The Hall–Kier alpha value is -3.28. The minimum atomic E-state index is -0.951. The molecule has 2 aromatic carbocycles. The van der Waals surface area contributed by atoms with Crippen LogP contribution in [0.4, 0.5) is 0 Å². The van der Waals surface area contributed by atoms with Crippen molar-refractivity contribution in [3.05, 3.63) is 100 Å². The predicted octanol–water partition coefficient (Wildman–Crippen LogP) is 9.07. The van der Waals surface area contributed by atoms with Gasteiger partial charge in [0.15, 0.2) is 0 Å². The van der Waals surface area contributed by atoms with Crippen molar-refractivity contribution in [3.8, 4) is 5.75 Å². The summed E-state index contributed by atoms with van der Waals surface area (Å²) in [6.45, 7) is 10.1. The molecule has 0 fully saturated rings. The number of rotatable bonds is 10. The third-order valence-corrected chi connectivity index (χ3v) is 5.31. The molecule has 7 heteroatoms. The maximum atomic E-state index is 11.1. The van der Waals surface area contributed by atoms with E-state index in [1.165, 1.54) is 0 Å². The Bertz CT molecular complexity index is 1210. The summed E-state index contributed by atoms with van der Waals surface area (Å²) < 4.78 is 7.74. The number of alkyl halides is 1. The third kappa shape index (κ3) is 11.8. The fourth-order valence-electron chi connectivity index (χ4n) is 3.18. The lowest BCUT2D eigenvalue weighted by Gasteiger charge is -2.07. The molecule has 0 aliphatic heterocycles. The van der Waals surface area contributed by atoms with Crippen LogP contribution in [0.1, 0.15) is 74.0 Å². The molecular weight excluding hydrogens is 519 g/mol. The first-order valence-corrected chi connectivity index (χ1v) is 13.5. The highest BCUT2D eigenvalue weighted by atomic mass is 35.5. The highest BCUT2D eigenvalue weighted by molar-refractivity contribution is 6.30. The topological polar surface area (TPSA) is 64.3 Å². The van der Waals surface area contributed by atoms with E-state index in [4.69, 9.17) is 33.0 Å². The number of nitrogens with zero attached hydrogens (tertiary/aromatic N) is 2. The number of halogens is 2. The molecule has 3 aromatic rings. The molecule has 0 saturated carbocycles. The van der Waals surface area contributed by atoms with Gasteiger partial charge in [0.05, 0.1) is 16.6 Å². The zero-order chi connectivity index (χ0) is 28.5. The largest absolute Gasteiger partial charge is 0.489 e. The zero-order valence-corrected chi connectivity index (χ0v) is 24.5. The number of carboxylic acid groups (broad SMARTS) is 1. The van der Waals surface area contributed by atoms with Crippen molar-refractivity contribution in [3.63, 3.8) is 0 Å². The molecule has 1 heterocycles. The summed E-state index contributed by atoms with van der Waals surface area (Å²) in [5, 5.41) is 9.64. The van der Waals surface area contributed by atoms with E-state index in [0.717, 1.165) is 22.6 Å². The molecule has 3 rings (SSSR count). The number of hydrogen-bond acceptors (Lipinski definition) is 3. The van der Waals surface area contributed by atoms with Gasteiger partial charge in [-0.25, -0.2) is 9.78 Å². The van der Waals surface area contributed by atoms with Crippen LogP contribution >= 0.6 is 23.2 Å². The summed E-state index contributed by atoms with van der Waals surface area (Å²) in [5.74, 6) is 0.587. The lowest BCUT2D eigenvalue weighted by Crippen LogP contribution is -2.00. The fraction of sp³-hybridized carbons (Fsp3) is 0.290. The van der Waals surface area contributed by atoms with E-state index in [9.17, 15) is 4.79 Å². The van der Waals surface area contributed by atoms with E-state index in [1.807, 2.05) is 113 Å². The van der Waals surface area contributed by atoms with Crippen molar-refractivity contribution < 1.29 is 14.6 Å². The van der Waals surface area contributed by atoms with E-state index in [0.29, 0.717) is 23.8 Å². The maximum Gasteiger partial charge on any atom is 0.335 e. The Morgan fingerprint density at radius 3 is 2.39 bits per heavy atom. The number of imidazole rings is 1. The molecule has 1 atom stereocenters. The molecule has 1 unspecified atom stereocenters. The number of carbonyl (C=O) groups is 1. The molecule has 1 aromatic heterocycles. The number of aryl methyl sites for hydroxylation is 1. The molecule has 1 N–H and O–H groups in total. The molecule has 0 amide bonds. The highest BCUT2D eigenvalue weighted by Gasteiger charge is 2.04. The minimum absolute atomic E-state index is 0.140. The number of ether oxygens (including phenoxy) is 1. The number of aromatic carboxylic acids is 1. The quantitative estimate of drug-likeness (QED) is 0.253. The Kier molecular flexibility index (Phi) is 15.6. The zero-order valence-electron chi connectivity index (χ0n) is 23.0. The highest BCUT2D eigenvalue weighted by Crippen LogP contribution is 2.17. The number of allylic oxidation sites excluding steroid dienone is 3. The molecular formula is C31H38Cl2N2O3. The van der Waals surface area contributed by atoms with Crippen molar-refractivity contribution in [2.45, 2.75) is 53.0 Å². The van der Waals surface area contributed by atoms with Crippen LogP contribution in [-0.4, -0.2) is 26.0 Å². The Balaban J connectivity index is 0.00000172. The van der Waals surface area contributed by atoms with Gasteiger partial charge in [-0.15, -0.1) is 11.6 Å². The first-order valence-electron chi connectivity index (χ1n) is 12.7.